The van der Waals surface area contributed by atoms with E-state index in [0.717, 1.165) is 19.3 Å². The Morgan fingerprint density at radius 1 is 1.28 bits per heavy atom. The Bertz CT molecular complexity index is 318. The first kappa shape index (κ1) is 15.6. The van der Waals surface area contributed by atoms with Crippen LogP contribution in [-0.4, -0.2) is 21.9 Å². The summed E-state index contributed by atoms with van der Waals surface area (Å²) in [7, 11) is 0. The Balaban J connectivity index is 3.09. The number of ketones is 1. The second kappa shape index (κ2) is 5.30. The van der Waals surface area contributed by atoms with Gasteiger partial charge in [-0.3, -0.25) is 0 Å². The van der Waals surface area contributed by atoms with Crippen molar-refractivity contribution in [1.82, 2.24) is 5.06 Å². The number of rotatable bonds is 4. The van der Waals surface area contributed by atoms with Gasteiger partial charge in [-0.25, -0.2) is 0 Å². The van der Waals surface area contributed by atoms with E-state index in [1.807, 2.05) is 6.92 Å². The SMILES string of the molecule is CCC1(C)CC(CC(C)=O)C(C)C(C)(CC)N1[O]. The van der Waals surface area contributed by atoms with Crippen LogP contribution in [0.4, 0.5) is 0 Å². The third-order valence-corrected chi connectivity index (χ3v) is 5.37. The van der Waals surface area contributed by atoms with Crippen LogP contribution in [0.1, 0.15) is 67.2 Å². The molecule has 0 N–H and O–H groups in total. The van der Waals surface area contributed by atoms with Crippen molar-refractivity contribution in [3.8, 4) is 0 Å². The van der Waals surface area contributed by atoms with Crippen LogP contribution in [0.25, 0.3) is 0 Å². The smallest absolute Gasteiger partial charge is 0.130 e. The van der Waals surface area contributed by atoms with Crippen LogP contribution >= 0.6 is 0 Å². The highest BCUT2D eigenvalue weighted by Gasteiger charge is 2.53. The van der Waals surface area contributed by atoms with Crippen molar-refractivity contribution in [1.29, 1.82) is 0 Å². The van der Waals surface area contributed by atoms with Gasteiger partial charge in [-0.15, -0.1) is 10.3 Å². The summed E-state index contributed by atoms with van der Waals surface area (Å²) in [5, 5.41) is 14.0. The molecule has 1 rings (SSSR count). The molecule has 0 aromatic carbocycles. The largest absolute Gasteiger partial charge is 0.300 e. The van der Waals surface area contributed by atoms with Gasteiger partial charge in [0.2, 0.25) is 0 Å². The zero-order chi connectivity index (χ0) is 14.1. The van der Waals surface area contributed by atoms with E-state index in [-0.39, 0.29) is 22.8 Å². The van der Waals surface area contributed by atoms with Crippen LogP contribution < -0.4 is 0 Å². The first-order valence-corrected chi connectivity index (χ1v) is 7.18. The van der Waals surface area contributed by atoms with Crippen molar-refractivity contribution in [3.05, 3.63) is 0 Å². The number of nitrogens with zero attached hydrogens (tertiary/aromatic N) is 1. The van der Waals surface area contributed by atoms with Gasteiger partial charge >= 0.3 is 0 Å². The normalized spacial score (nSPS) is 41.9. The molecule has 3 nitrogen and oxygen atoms in total. The fraction of sp³-hybridized carbons (Fsp3) is 0.933. The summed E-state index contributed by atoms with van der Waals surface area (Å²) in [5.41, 5.74) is -0.666. The summed E-state index contributed by atoms with van der Waals surface area (Å²) >= 11 is 0. The van der Waals surface area contributed by atoms with Gasteiger partial charge < -0.3 is 4.79 Å². The third-order valence-electron chi connectivity index (χ3n) is 5.37. The standard InChI is InChI=1S/C15H28NO2/c1-7-14(5)10-13(9-11(3)17)12(4)15(6,8-2)16(14)18/h12-13H,7-10H2,1-6H3. The first-order chi connectivity index (χ1) is 8.21. The highest BCUT2D eigenvalue weighted by molar-refractivity contribution is 5.75. The Labute approximate surface area is 112 Å². The van der Waals surface area contributed by atoms with E-state index < -0.39 is 0 Å². The van der Waals surface area contributed by atoms with Gasteiger partial charge in [0.15, 0.2) is 0 Å². The zero-order valence-electron chi connectivity index (χ0n) is 12.7. The lowest BCUT2D eigenvalue weighted by Gasteiger charge is -2.56. The minimum Gasteiger partial charge on any atom is -0.300 e. The number of hydrogen-bond donors (Lipinski definition) is 0. The lowest BCUT2D eigenvalue weighted by atomic mass is 9.64. The third kappa shape index (κ3) is 2.48. The van der Waals surface area contributed by atoms with Crippen LogP contribution in [0.2, 0.25) is 0 Å². The maximum atomic E-state index is 12.7. The second-order valence-corrected chi connectivity index (χ2v) is 6.51. The van der Waals surface area contributed by atoms with Gasteiger partial charge in [-0.2, -0.15) is 0 Å². The average molecular weight is 254 g/mol. The molecular formula is C15H28NO2. The van der Waals surface area contributed by atoms with Crippen molar-refractivity contribution in [2.45, 2.75) is 78.3 Å². The van der Waals surface area contributed by atoms with Gasteiger partial charge in [-0.1, -0.05) is 20.8 Å². The fourth-order valence-electron chi connectivity index (χ4n) is 3.51. The molecule has 0 aliphatic carbocycles. The van der Waals surface area contributed by atoms with Crippen molar-refractivity contribution < 1.29 is 10.0 Å². The summed E-state index contributed by atoms with van der Waals surface area (Å²) in [4.78, 5) is 11.4. The highest BCUT2D eigenvalue weighted by atomic mass is 16.5. The van der Waals surface area contributed by atoms with Crippen LogP contribution in [0.15, 0.2) is 0 Å². The summed E-state index contributed by atoms with van der Waals surface area (Å²) in [6.45, 7) is 12.0. The highest BCUT2D eigenvalue weighted by Crippen LogP contribution is 2.48. The summed E-state index contributed by atoms with van der Waals surface area (Å²) in [6, 6.07) is 0. The first-order valence-electron chi connectivity index (χ1n) is 7.18. The fourth-order valence-corrected chi connectivity index (χ4v) is 3.51. The van der Waals surface area contributed by atoms with Crippen LogP contribution in [-0.2, 0) is 10.0 Å². The lowest BCUT2D eigenvalue weighted by Crippen LogP contribution is -2.64. The molecule has 105 valence electrons. The van der Waals surface area contributed by atoms with E-state index in [1.54, 1.807) is 6.92 Å². The molecular weight excluding hydrogens is 226 g/mol. The Morgan fingerprint density at radius 3 is 2.22 bits per heavy atom. The molecule has 1 aliphatic heterocycles. The van der Waals surface area contributed by atoms with E-state index in [4.69, 9.17) is 0 Å². The van der Waals surface area contributed by atoms with Crippen molar-refractivity contribution >= 4 is 5.78 Å². The molecule has 1 aliphatic rings. The molecule has 0 amide bonds. The molecule has 1 heterocycles. The van der Waals surface area contributed by atoms with Crippen LogP contribution in [0, 0.1) is 11.8 Å². The number of hydroxylamine groups is 2. The topological polar surface area (TPSA) is 40.2 Å². The Hall–Kier alpha value is -0.410. The molecule has 3 heteroatoms. The molecule has 18 heavy (non-hydrogen) atoms. The number of piperidine rings is 1. The monoisotopic (exact) mass is 254 g/mol. The Morgan fingerprint density at radius 2 is 1.83 bits per heavy atom. The van der Waals surface area contributed by atoms with Gasteiger partial charge in [0.05, 0.1) is 0 Å². The molecule has 1 radical (unpaired) electrons. The van der Waals surface area contributed by atoms with E-state index >= 15 is 0 Å². The number of Topliss-reactive ketones (excluding diaryl/α,β-unsaturated/α-hetero) is 1. The van der Waals surface area contributed by atoms with Gasteiger partial charge in [0, 0.05) is 17.5 Å². The number of hydrogen-bond acceptors (Lipinski definition) is 2. The molecule has 0 bridgehead atoms. The second-order valence-electron chi connectivity index (χ2n) is 6.51. The molecule has 4 unspecified atom stereocenters. The number of carbonyl (C=O) groups excluding carboxylic acids is 1. The molecule has 0 saturated carbocycles. The lowest BCUT2D eigenvalue weighted by molar-refractivity contribution is -0.319. The molecule has 0 aromatic heterocycles. The van der Waals surface area contributed by atoms with Crippen molar-refractivity contribution in [3.63, 3.8) is 0 Å². The van der Waals surface area contributed by atoms with E-state index in [2.05, 4.69) is 27.7 Å². The molecule has 0 spiro atoms. The molecule has 1 fully saturated rings. The minimum absolute atomic E-state index is 0.239. The van der Waals surface area contributed by atoms with Gasteiger partial charge in [0.25, 0.3) is 0 Å². The summed E-state index contributed by atoms with van der Waals surface area (Å²) in [5.74, 6) is 0.842. The van der Waals surface area contributed by atoms with Crippen molar-refractivity contribution in [2.24, 2.45) is 11.8 Å². The van der Waals surface area contributed by atoms with Crippen molar-refractivity contribution in [2.75, 3.05) is 0 Å². The summed E-state index contributed by atoms with van der Waals surface area (Å²) in [6.07, 6.45) is 3.12. The molecule has 4 atom stereocenters. The van der Waals surface area contributed by atoms with E-state index in [1.165, 1.54) is 5.06 Å². The zero-order valence-corrected chi connectivity index (χ0v) is 12.7. The maximum absolute atomic E-state index is 12.7. The van der Waals surface area contributed by atoms with Gasteiger partial charge in [-0.05, 0) is 51.9 Å². The predicted molar refractivity (Wildman–Crippen MR) is 72.5 cm³/mol. The van der Waals surface area contributed by atoms with Crippen LogP contribution in [0.3, 0.4) is 0 Å². The van der Waals surface area contributed by atoms with Crippen LogP contribution in [0.5, 0.6) is 0 Å². The van der Waals surface area contributed by atoms with E-state index in [9.17, 15) is 10.0 Å². The molecule has 0 aromatic rings. The Kier molecular flexibility index (Phi) is 4.60. The van der Waals surface area contributed by atoms with Gasteiger partial charge in [0.1, 0.15) is 5.78 Å². The summed E-state index contributed by atoms with van der Waals surface area (Å²) < 4.78 is 0. The average Bonchev–Trinajstić information content (AvgIpc) is 2.33. The predicted octanol–water partition coefficient (Wildman–Crippen LogP) is 3.61. The quantitative estimate of drug-likeness (QED) is 0.769. The maximum Gasteiger partial charge on any atom is 0.130 e. The molecule has 1 saturated heterocycles. The number of carbonyl (C=O) groups is 1. The minimum atomic E-state index is -0.344. The van der Waals surface area contributed by atoms with E-state index in [0.29, 0.717) is 12.3 Å².